The van der Waals surface area contributed by atoms with Crippen molar-refractivity contribution in [3.8, 4) is 17.4 Å². The second kappa shape index (κ2) is 12.4. The average Bonchev–Trinajstić information content (AvgIpc) is 3.91. The number of ketones is 1. The van der Waals surface area contributed by atoms with Crippen LogP contribution in [0.3, 0.4) is 0 Å². The highest BCUT2D eigenvalue weighted by Gasteiger charge is 2.61. The molecule has 3 saturated carbocycles. The summed E-state index contributed by atoms with van der Waals surface area (Å²) in [6.45, 7) is 3.49. The molecule has 1 aromatic carbocycles. The lowest BCUT2D eigenvalue weighted by molar-refractivity contribution is -0.140. The van der Waals surface area contributed by atoms with Gasteiger partial charge in [-0.1, -0.05) is 12.2 Å². The Balaban J connectivity index is 1.18. The fraction of sp³-hybridized carbons (Fsp3) is 0.600. The van der Waals surface area contributed by atoms with Crippen LogP contribution in [0, 0.1) is 23.2 Å². The molecule has 0 saturated heterocycles. The van der Waals surface area contributed by atoms with Gasteiger partial charge < -0.3 is 19.1 Å². The average molecular weight is 666 g/mol. The Labute approximate surface area is 275 Å². The van der Waals surface area contributed by atoms with Gasteiger partial charge in [-0.2, -0.15) is 0 Å². The predicted octanol–water partition coefficient (Wildman–Crippen LogP) is 4.11. The Bertz CT molecular complexity index is 1740. The van der Waals surface area contributed by atoms with Crippen molar-refractivity contribution in [3.05, 3.63) is 35.9 Å². The summed E-state index contributed by atoms with van der Waals surface area (Å²) >= 11 is 0. The largest absolute Gasteiger partial charge is 0.493 e. The fourth-order valence-corrected chi connectivity index (χ4v) is 9.05. The van der Waals surface area contributed by atoms with Gasteiger partial charge in [0.15, 0.2) is 0 Å². The zero-order valence-electron chi connectivity index (χ0n) is 27.0. The molecule has 5 aliphatic rings. The molecule has 5 atom stereocenters. The van der Waals surface area contributed by atoms with Gasteiger partial charge in [0.1, 0.15) is 23.4 Å². The topological polar surface area (TPSA) is 141 Å². The molecule has 0 unspecified atom stereocenters. The molecular weight excluding hydrogens is 622 g/mol. The molecule has 47 heavy (non-hydrogen) atoms. The highest BCUT2D eigenvalue weighted by Crippen LogP contribution is 2.58. The summed E-state index contributed by atoms with van der Waals surface area (Å²) in [4.78, 5) is 48.2. The Morgan fingerprint density at radius 3 is 2.77 bits per heavy atom. The van der Waals surface area contributed by atoms with Crippen LogP contribution in [-0.2, 0) is 30.8 Å². The molecule has 3 aliphatic carbocycles. The van der Waals surface area contributed by atoms with Crippen molar-refractivity contribution >= 4 is 38.5 Å². The molecule has 7 rings (SSSR count). The zero-order valence-corrected chi connectivity index (χ0v) is 27.9. The van der Waals surface area contributed by atoms with E-state index in [-0.39, 0.29) is 24.0 Å². The fourth-order valence-electron chi connectivity index (χ4n) is 7.66. The number of carbonyl (C=O) groups is 3. The lowest BCUT2D eigenvalue weighted by Gasteiger charge is -2.26. The first-order valence-electron chi connectivity index (χ1n) is 17.0. The molecule has 0 spiro atoms. The van der Waals surface area contributed by atoms with Crippen molar-refractivity contribution in [1.82, 2.24) is 14.6 Å². The number of carbonyl (C=O) groups excluding carboxylic acids is 3. The SMILES string of the molecule is CCOc1cc(O[C@@H]2C[C@H]3C(=O)C[C@]4(C(=O)NS(=O)(=O)C5CC5)C[C@H]4/C=C\CCCCN(C)C(=O)[C@@H]3C2)c2ccc3c(c2n1)CCO3. The first kappa shape index (κ1) is 31.9. The molecule has 0 bridgehead atoms. The quantitative estimate of drug-likeness (QED) is 0.433. The second-order valence-electron chi connectivity index (χ2n) is 13.8. The monoisotopic (exact) mass is 665 g/mol. The van der Waals surface area contributed by atoms with E-state index in [9.17, 15) is 22.8 Å². The standard InChI is InChI=1S/C35H43N3O8S/c1-3-44-31-18-30(24-11-12-29-25(13-15-45-29)32(24)36-31)46-22-16-26-27(17-22)33(40)38(2)14-7-5-4-6-8-21-19-35(21,20-28(26)39)34(41)37-47(42,43)23-9-10-23/h6,8,11-12,18,21-23,26-27H,3-5,7,9-10,13-17,19-20H2,1-2H3,(H,37,41)/b8-6-/t21-,22-,26-,27-,35-/m1/s1. The van der Waals surface area contributed by atoms with Crippen LogP contribution in [0.4, 0.5) is 0 Å². The molecule has 0 radical (unpaired) electrons. The molecule has 2 aromatic rings. The van der Waals surface area contributed by atoms with E-state index in [1.165, 1.54) is 0 Å². The molecule has 12 heteroatoms. The maximum atomic E-state index is 14.2. The first-order chi connectivity index (χ1) is 22.6. The second-order valence-corrected chi connectivity index (χ2v) is 15.8. The van der Waals surface area contributed by atoms with Crippen molar-refractivity contribution in [3.63, 3.8) is 0 Å². The minimum Gasteiger partial charge on any atom is -0.493 e. The summed E-state index contributed by atoms with van der Waals surface area (Å²) in [5.74, 6) is -0.594. The van der Waals surface area contributed by atoms with Gasteiger partial charge in [-0.15, -0.1) is 0 Å². The number of aromatic nitrogens is 1. The number of nitrogens with zero attached hydrogens (tertiary/aromatic N) is 2. The molecule has 3 fully saturated rings. The van der Waals surface area contributed by atoms with Crippen LogP contribution in [0.15, 0.2) is 30.4 Å². The van der Waals surface area contributed by atoms with Crippen LogP contribution >= 0.6 is 0 Å². The van der Waals surface area contributed by atoms with Crippen molar-refractivity contribution in [2.24, 2.45) is 23.2 Å². The molecule has 1 aromatic heterocycles. The van der Waals surface area contributed by atoms with Gasteiger partial charge in [0.05, 0.1) is 35.3 Å². The van der Waals surface area contributed by atoms with Crippen molar-refractivity contribution in [2.45, 2.75) is 82.5 Å². The molecule has 2 aliphatic heterocycles. The van der Waals surface area contributed by atoms with Crippen LogP contribution in [-0.4, -0.2) is 74.1 Å². The van der Waals surface area contributed by atoms with Gasteiger partial charge >= 0.3 is 0 Å². The maximum Gasteiger partial charge on any atom is 0.240 e. The summed E-state index contributed by atoms with van der Waals surface area (Å²) in [5, 5.41) is 0.266. The Morgan fingerprint density at radius 1 is 1.17 bits per heavy atom. The smallest absolute Gasteiger partial charge is 0.240 e. The summed E-state index contributed by atoms with van der Waals surface area (Å²) < 4.78 is 46.0. The predicted molar refractivity (Wildman–Crippen MR) is 174 cm³/mol. The summed E-state index contributed by atoms with van der Waals surface area (Å²) in [7, 11) is -1.99. The van der Waals surface area contributed by atoms with Crippen LogP contribution in [0.5, 0.6) is 17.4 Å². The summed E-state index contributed by atoms with van der Waals surface area (Å²) in [6, 6.07) is 5.61. The number of hydrogen-bond donors (Lipinski definition) is 1. The third-order valence-corrected chi connectivity index (χ3v) is 12.4. The van der Waals surface area contributed by atoms with Crippen LogP contribution < -0.4 is 18.9 Å². The number of rotatable bonds is 7. The van der Waals surface area contributed by atoms with Gasteiger partial charge in [-0.05, 0) is 76.3 Å². The Hall–Kier alpha value is -3.67. The van der Waals surface area contributed by atoms with Gasteiger partial charge in [0, 0.05) is 49.4 Å². The number of Topliss-reactive ketones (excluding diaryl/α,β-unsaturated/α-hetero) is 1. The number of benzene rings is 1. The normalized spacial score (nSPS) is 30.0. The number of fused-ring (bicyclic) bond motifs is 5. The molecule has 252 valence electrons. The highest BCUT2D eigenvalue weighted by molar-refractivity contribution is 7.90. The summed E-state index contributed by atoms with van der Waals surface area (Å²) in [5.41, 5.74) is 0.626. The van der Waals surface area contributed by atoms with E-state index in [1.54, 1.807) is 18.0 Å². The number of hydrogen-bond acceptors (Lipinski definition) is 9. The van der Waals surface area contributed by atoms with Crippen LogP contribution in [0.1, 0.15) is 70.3 Å². The number of ether oxygens (including phenoxy) is 3. The Morgan fingerprint density at radius 2 is 1.98 bits per heavy atom. The molecule has 11 nitrogen and oxygen atoms in total. The Kier molecular flexibility index (Phi) is 8.42. The van der Waals surface area contributed by atoms with Gasteiger partial charge in [-0.3, -0.25) is 19.1 Å². The number of pyridine rings is 1. The minimum absolute atomic E-state index is 0.103. The number of amides is 2. The molecule has 1 N–H and O–H groups in total. The number of nitrogens with one attached hydrogen (secondary N) is 1. The maximum absolute atomic E-state index is 14.2. The number of allylic oxidation sites excluding steroid dienone is 2. The molecular formula is C35H43N3O8S. The molecule has 3 heterocycles. The van der Waals surface area contributed by atoms with Gasteiger partial charge in [-0.25, -0.2) is 13.4 Å². The van der Waals surface area contributed by atoms with Crippen LogP contribution in [0.2, 0.25) is 0 Å². The number of sulfonamides is 1. The van der Waals surface area contributed by atoms with E-state index in [4.69, 9.17) is 19.2 Å². The summed E-state index contributed by atoms with van der Waals surface area (Å²) in [6.07, 6.45) is 8.77. The molecule has 2 amide bonds. The van der Waals surface area contributed by atoms with E-state index in [1.807, 2.05) is 31.2 Å². The highest BCUT2D eigenvalue weighted by atomic mass is 32.2. The van der Waals surface area contributed by atoms with Crippen LogP contribution in [0.25, 0.3) is 10.9 Å². The van der Waals surface area contributed by atoms with E-state index < -0.39 is 44.5 Å². The minimum atomic E-state index is -3.77. The lowest BCUT2D eigenvalue weighted by atomic mass is 9.84. The van der Waals surface area contributed by atoms with E-state index in [0.29, 0.717) is 63.5 Å². The third-order valence-electron chi connectivity index (χ3n) is 10.6. The first-order valence-corrected chi connectivity index (χ1v) is 18.5. The lowest BCUT2D eigenvalue weighted by Crippen LogP contribution is -2.42. The van der Waals surface area contributed by atoms with E-state index >= 15 is 0 Å². The van der Waals surface area contributed by atoms with E-state index in [0.717, 1.165) is 47.9 Å². The van der Waals surface area contributed by atoms with Gasteiger partial charge in [0.2, 0.25) is 27.7 Å². The van der Waals surface area contributed by atoms with E-state index in [2.05, 4.69) is 4.72 Å². The van der Waals surface area contributed by atoms with Crippen molar-refractivity contribution in [2.75, 3.05) is 26.8 Å². The third kappa shape index (κ3) is 6.21. The van der Waals surface area contributed by atoms with Gasteiger partial charge in [0.25, 0.3) is 0 Å². The van der Waals surface area contributed by atoms with Crippen molar-refractivity contribution in [1.29, 1.82) is 0 Å². The zero-order chi connectivity index (χ0) is 32.9. The van der Waals surface area contributed by atoms with Crippen molar-refractivity contribution < 1.29 is 37.0 Å².